The minimum atomic E-state index is -0.0325. The molecule has 4 aromatic rings. The number of benzene rings is 1. The number of fused-ring (bicyclic) bond motifs is 4. The Hall–Kier alpha value is -2.40. The predicted molar refractivity (Wildman–Crippen MR) is 133 cm³/mol. The lowest BCUT2D eigenvalue weighted by Crippen LogP contribution is -2.42. The Morgan fingerprint density at radius 1 is 1.39 bits per heavy atom. The lowest BCUT2D eigenvalue weighted by Gasteiger charge is -2.30. The van der Waals surface area contributed by atoms with Crippen molar-refractivity contribution in [3.8, 4) is 0 Å². The Kier molecular flexibility index (Phi) is 6.17. The summed E-state index contributed by atoms with van der Waals surface area (Å²) >= 11 is 9.46. The third-order valence-corrected chi connectivity index (χ3v) is 8.36. The van der Waals surface area contributed by atoms with Gasteiger partial charge in [-0.05, 0) is 55.4 Å². The zero-order valence-electron chi connectivity index (χ0n) is 18.5. The molecule has 172 valence electrons. The molecule has 0 saturated carbocycles. The largest absolute Gasteiger partial charge is 0.383 e. The Balaban J connectivity index is 1.44. The summed E-state index contributed by atoms with van der Waals surface area (Å²) in [6.07, 6.45) is 3.90. The molecular weight excluding hydrogens is 480 g/mol. The summed E-state index contributed by atoms with van der Waals surface area (Å²) in [7, 11) is 3.52. The number of nitrogens with one attached hydrogen (secondary N) is 1. The van der Waals surface area contributed by atoms with Gasteiger partial charge >= 0.3 is 0 Å². The maximum absolute atomic E-state index is 13.1. The van der Waals surface area contributed by atoms with Gasteiger partial charge in [0.2, 0.25) is 5.91 Å². The van der Waals surface area contributed by atoms with Crippen LogP contribution in [0.5, 0.6) is 0 Å². The zero-order chi connectivity index (χ0) is 23.1. The number of thiophene rings is 1. The van der Waals surface area contributed by atoms with Gasteiger partial charge in [-0.2, -0.15) is 0 Å². The van der Waals surface area contributed by atoms with E-state index in [4.69, 9.17) is 16.3 Å². The van der Waals surface area contributed by atoms with E-state index in [1.165, 1.54) is 22.0 Å². The summed E-state index contributed by atoms with van der Waals surface area (Å²) < 4.78 is 10.2. The maximum atomic E-state index is 13.1. The highest BCUT2D eigenvalue weighted by molar-refractivity contribution is 7.19. The average molecular weight is 503 g/mol. The normalized spacial score (nSPS) is 16.7. The molecule has 1 amide bonds. The highest BCUT2D eigenvalue weighted by atomic mass is 35.5. The van der Waals surface area contributed by atoms with Crippen LogP contribution in [0.1, 0.15) is 23.8 Å². The van der Waals surface area contributed by atoms with Crippen molar-refractivity contribution in [2.24, 2.45) is 5.92 Å². The van der Waals surface area contributed by atoms with E-state index in [2.05, 4.69) is 24.9 Å². The lowest BCUT2D eigenvalue weighted by molar-refractivity contribution is -0.137. The summed E-state index contributed by atoms with van der Waals surface area (Å²) in [5, 5.41) is 9.05. The molecule has 1 N–H and O–H groups in total. The second-order valence-electron chi connectivity index (χ2n) is 8.30. The molecule has 2 atom stereocenters. The number of ether oxygens (including phenoxy) is 1. The number of halogens is 1. The number of hydrogen-bond acceptors (Lipinski definition) is 9. The molecule has 8 nitrogen and oxygen atoms in total. The standard InChI is InChI=1S/C22H23ClN6O2S2/c1-11(9-31-3)29(2)22(30)12-4-5-13-17(6-12)32-21-19(13)20(24-10-25-21)26-15-8-18-16(7-14(15)23)27-28-33-18/h7-8,10-12H,4-6,9H2,1-3H3,(H,24,25,26)/t11-,12-/m0/s1. The maximum Gasteiger partial charge on any atom is 0.226 e. The van der Waals surface area contributed by atoms with Crippen LogP contribution in [0, 0.1) is 5.92 Å². The minimum Gasteiger partial charge on any atom is -0.383 e. The summed E-state index contributed by atoms with van der Waals surface area (Å²) in [4.78, 5) is 26.1. The minimum absolute atomic E-state index is 0.0325. The molecule has 33 heavy (non-hydrogen) atoms. The molecule has 0 spiro atoms. The third kappa shape index (κ3) is 4.16. The van der Waals surface area contributed by atoms with Crippen molar-refractivity contribution >= 4 is 72.3 Å². The van der Waals surface area contributed by atoms with Crippen molar-refractivity contribution < 1.29 is 9.53 Å². The summed E-state index contributed by atoms with van der Waals surface area (Å²) in [5.41, 5.74) is 2.76. The number of carbonyl (C=O) groups excluding carboxylic acids is 1. The van der Waals surface area contributed by atoms with Crippen LogP contribution >= 0.6 is 34.5 Å². The molecule has 3 aromatic heterocycles. The van der Waals surface area contributed by atoms with Gasteiger partial charge in [-0.25, -0.2) is 9.97 Å². The molecule has 3 heterocycles. The van der Waals surface area contributed by atoms with E-state index < -0.39 is 0 Å². The first-order valence-corrected chi connectivity index (χ1v) is 12.6. The second-order valence-corrected chi connectivity index (χ2v) is 10.6. The van der Waals surface area contributed by atoms with Crippen molar-refractivity contribution in [2.45, 2.75) is 32.2 Å². The average Bonchev–Trinajstić information content (AvgIpc) is 3.42. The highest BCUT2D eigenvalue weighted by Crippen LogP contribution is 2.41. The zero-order valence-corrected chi connectivity index (χ0v) is 20.9. The van der Waals surface area contributed by atoms with Gasteiger partial charge in [-0.1, -0.05) is 16.1 Å². The third-order valence-electron chi connectivity index (χ3n) is 6.20. The first kappa shape index (κ1) is 22.4. The van der Waals surface area contributed by atoms with E-state index in [1.54, 1.807) is 24.8 Å². The Labute approximate surface area is 204 Å². The Bertz CT molecular complexity index is 1340. The van der Waals surface area contributed by atoms with Gasteiger partial charge in [-0.15, -0.1) is 16.4 Å². The first-order valence-electron chi connectivity index (χ1n) is 10.7. The van der Waals surface area contributed by atoms with Crippen molar-refractivity contribution in [1.29, 1.82) is 0 Å². The lowest BCUT2D eigenvalue weighted by atomic mass is 9.86. The van der Waals surface area contributed by atoms with Gasteiger partial charge < -0.3 is 15.0 Å². The molecule has 1 aliphatic carbocycles. The van der Waals surface area contributed by atoms with Gasteiger partial charge in [0.1, 0.15) is 22.5 Å². The molecular formula is C22H23ClN6O2S2. The Morgan fingerprint density at radius 3 is 3.06 bits per heavy atom. The fourth-order valence-electron chi connectivity index (χ4n) is 4.30. The predicted octanol–water partition coefficient (Wildman–Crippen LogP) is 4.69. The van der Waals surface area contributed by atoms with Crippen LogP contribution < -0.4 is 5.32 Å². The van der Waals surface area contributed by atoms with Gasteiger partial charge in [0.05, 0.1) is 33.4 Å². The van der Waals surface area contributed by atoms with E-state index in [-0.39, 0.29) is 17.9 Å². The molecule has 0 saturated heterocycles. The summed E-state index contributed by atoms with van der Waals surface area (Å²) in [5.74, 6) is 0.868. The number of nitrogens with zero attached hydrogens (tertiary/aromatic N) is 5. The summed E-state index contributed by atoms with van der Waals surface area (Å²) in [6, 6.07) is 3.80. The quantitative estimate of drug-likeness (QED) is 0.408. The molecule has 1 aromatic carbocycles. The van der Waals surface area contributed by atoms with Gasteiger partial charge in [-0.3, -0.25) is 4.79 Å². The van der Waals surface area contributed by atoms with E-state index in [1.807, 2.05) is 31.0 Å². The second kappa shape index (κ2) is 9.09. The first-order chi connectivity index (χ1) is 16.0. The molecule has 0 fully saturated rings. The molecule has 1 aliphatic rings. The van der Waals surface area contributed by atoms with Crippen LogP contribution in [0.25, 0.3) is 20.4 Å². The fourth-order valence-corrected chi connectivity index (χ4v) is 6.35. The van der Waals surface area contributed by atoms with E-state index in [0.29, 0.717) is 11.6 Å². The van der Waals surface area contributed by atoms with Crippen molar-refractivity contribution in [3.63, 3.8) is 0 Å². The molecule has 0 aliphatic heterocycles. The number of aromatic nitrogens is 4. The monoisotopic (exact) mass is 502 g/mol. The van der Waals surface area contributed by atoms with Crippen LogP contribution in [-0.4, -0.2) is 57.2 Å². The molecule has 5 rings (SSSR count). The van der Waals surface area contributed by atoms with E-state index >= 15 is 0 Å². The molecule has 0 bridgehead atoms. The molecule has 0 unspecified atom stereocenters. The van der Waals surface area contributed by atoms with Crippen LogP contribution in [0.3, 0.4) is 0 Å². The van der Waals surface area contributed by atoms with E-state index in [0.717, 1.165) is 51.2 Å². The fraction of sp³-hybridized carbons (Fsp3) is 0.409. The number of anilines is 2. The number of likely N-dealkylation sites (N-methyl/N-ethyl adjacent to an activating group) is 1. The number of amides is 1. The van der Waals surface area contributed by atoms with E-state index in [9.17, 15) is 4.79 Å². The number of rotatable bonds is 6. The number of carbonyl (C=O) groups is 1. The van der Waals surface area contributed by atoms with Gasteiger partial charge in [0.15, 0.2) is 0 Å². The van der Waals surface area contributed by atoms with Crippen LogP contribution in [-0.2, 0) is 22.4 Å². The molecule has 11 heteroatoms. The topological polar surface area (TPSA) is 93.1 Å². The Morgan fingerprint density at radius 2 is 2.24 bits per heavy atom. The number of methoxy groups -OCH3 is 1. The van der Waals surface area contributed by atoms with Gasteiger partial charge in [0, 0.05) is 25.0 Å². The smallest absolute Gasteiger partial charge is 0.226 e. The highest BCUT2D eigenvalue weighted by Gasteiger charge is 2.32. The summed E-state index contributed by atoms with van der Waals surface area (Å²) in [6.45, 7) is 2.53. The van der Waals surface area contributed by atoms with Gasteiger partial charge in [0.25, 0.3) is 0 Å². The van der Waals surface area contributed by atoms with Crippen molar-refractivity contribution in [3.05, 3.63) is 33.9 Å². The van der Waals surface area contributed by atoms with Crippen molar-refractivity contribution in [1.82, 2.24) is 24.5 Å². The van der Waals surface area contributed by atoms with Crippen LogP contribution in [0.2, 0.25) is 5.02 Å². The molecule has 0 radical (unpaired) electrons. The van der Waals surface area contributed by atoms with Crippen LogP contribution in [0.4, 0.5) is 11.5 Å². The number of hydrogen-bond donors (Lipinski definition) is 1. The van der Waals surface area contributed by atoms with Crippen molar-refractivity contribution in [2.75, 3.05) is 26.1 Å². The SMILES string of the molecule is COC[C@H](C)N(C)C(=O)[C@H]1CCc2c(sc3ncnc(Nc4cc5snnc5cc4Cl)c23)C1. The number of aryl methyl sites for hydroxylation is 1. The van der Waals surface area contributed by atoms with Crippen LogP contribution in [0.15, 0.2) is 18.5 Å².